The Bertz CT molecular complexity index is 740. The molecule has 0 amide bonds. The highest BCUT2D eigenvalue weighted by Crippen LogP contribution is 2.14. The van der Waals surface area contributed by atoms with Crippen LogP contribution in [0.2, 0.25) is 0 Å². The van der Waals surface area contributed by atoms with Crippen molar-refractivity contribution in [2.45, 2.75) is 6.92 Å². The molecular formula is C13H11N3O. The molecule has 1 aromatic carbocycles. The maximum absolute atomic E-state index is 11.8. The van der Waals surface area contributed by atoms with Gasteiger partial charge in [-0.2, -0.15) is 0 Å². The van der Waals surface area contributed by atoms with Gasteiger partial charge in [0.2, 0.25) is 0 Å². The van der Waals surface area contributed by atoms with E-state index in [1.54, 1.807) is 19.3 Å². The van der Waals surface area contributed by atoms with E-state index < -0.39 is 0 Å². The lowest BCUT2D eigenvalue weighted by Crippen LogP contribution is -2.15. The third-order valence-electron chi connectivity index (χ3n) is 2.78. The molecule has 0 aliphatic heterocycles. The Labute approximate surface area is 97.5 Å². The summed E-state index contributed by atoms with van der Waals surface area (Å²) in [6, 6.07) is 9.77. The van der Waals surface area contributed by atoms with Gasteiger partial charge in [-0.3, -0.25) is 14.9 Å². The molecule has 0 radical (unpaired) electrons. The second-order valence-electron chi connectivity index (χ2n) is 3.98. The van der Waals surface area contributed by atoms with Crippen LogP contribution in [0.1, 0.15) is 5.56 Å². The van der Waals surface area contributed by atoms with Crippen LogP contribution >= 0.6 is 0 Å². The second-order valence-corrected chi connectivity index (χ2v) is 3.98. The highest BCUT2D eigenvalue weighted by molar-refractivity contribution is 5.79. The average molecular weight is 225 g/mol. The standard InChI is InChI=1S/C13H11N3O/c1-9-7-15-16(13(9)17)11-6-10-4-2-3-5-12(10)14-8-11/h2-8,15H,1H3. The summed E-state index contributed by atoms with van der Waals surface area (Å²) in [5, 5.41) is 3.94. The molecule has 4 nitrogen and oxygen atoms in total. The Morgan fingerprint density at radius 3 is 2.88 bits per heavy atom. The van der Waals surface area contributed by atoms with Crippen LogP contribution in [0.3, 0.4) is 0 Å². The normalized spacial score (nSPS) is 10.9. The number of pyridine rings is 1. The van der Waals surface area contributed by atoms with Gasteiger partial charge in [-0.25, -0.2) is 4.68 Å². The molecule has 84 valence electrons. The summed E-state index contributed by atoms with van der Waals surface area (Å²) in [4.78, 5) is 16.1. The van der Waals surface area contributed by atoms with Crippen molar-refractivity contribution in [3.8, 4) is 5.69 Å². The first-order valence-corrected chi connectivity index (χ1v) is 5.38. The molecule has 0 saturated carbocycles. The van der Waals surface area contributed by atoms with Gasteiger partial charge in [-0.05, 0) is 19.1 Å². The highest BCUT2D eigenvalue weighted by atomic mass is 16.1. The number of aromatic nitrogens is 3. The number of fused-ring (bicyclic) bond motifs is 1. The molecule has 0 fully saturated rings. The molecule has 0 bridgehead atoms. The van der Waals surface area contributed by atoms with Crippen LogP contribution in [0.5, 0.6) is 0 Å². The van der Waals surface area contributed by atoms with Crippen molar-refractivity contribution in [1.82, 2.24) is 14.8 Å². The summed E-state index contributed by atoms with van der Waals surface area (Å²) < 4.78 is 1.49. The van der Waals surface area contributed by atoms with E-state index in [9.17, 15) is 4.79 Å². The molecule has 3 rings (SSSR count). The van der Waals surface area contributed by atoms with Crippen LogP contribution in [0.15, 0.2) is 47.5 Å². The smallest absolute Gasteiger partial charge is 0.274 e. The van der Waals surface area contributed by atoms with E-state index in [1.807, 2.05) is 30.3 Å². The van der Waals surface area contributed by atoms with Gasteiger partial charge in [0.1, 0.15) is 0 Å². The zero-order valence-corrected chi connectivity index (χ0v) is 9.34. The third-order valence-corrected chi connectivity index (χ3v) is 2.78. The maximum Gasteiger partial charge on any atom is 0.274 e. The summed E-state index contributed by atoms with van der Waals surface area (Å²) in [5.74, 6) is 0. The molecule has 2 heterocycles. The van der Waals surface area contributed by atoms with E-state index in [-0.39, 0.29) is 5.56 Å². The van der Waals surface area contributed by atoms with E-state index in [1.165, 1.54) is 4.68 Å². The average Bonchev–Trinajstić information content (AvgIpc) is 2.70. The fourth-order valence-corrected chi connectivity index (χ4v) is 1.83. The predicted octanol–water partition coefficient (Wildman–Crippen LogP) is 2.02. The van der Waals surface area contributed by atoms with Crippen LogP contribution < -0.4 is 5.56 Å². The molecule has 1 N–H and O–H groups in total. The van der Waals surface area contributed by atoms with Gasteiger partial charge in [0.25, 0.3) is 5.56 Å². The van der Waals surface area contributed by atoms with E-state index in [0.29, 0.717) is 5.56 Å². The number of aromatic amines is 1. The lowest BCUT2D eigenvalue weighted by molar-refractivity contribution is 0.845. The van der Waals surface area contributed by atoms with Gasteiger partial charge in [-0.1, -0.05) is 18.2 Å². The Morgan fingerprint density at radius 1 is 1.29 bits per heavy atom. The number of para-hydroxylation sites is 1. The van der Waals surface area contributed by atoms with Crippen LogP contribution in [0.25, 0.3) is 16.6 Å². The van der Waals surface area contributed by atoms with Crippen molar-refractivity contribution < 1.29 is 0 Å². The number of hydrogen-bond acceptors (Lipinski definition) is 2. The molecule has 0 atom stereocenters. The predicted molar refractivity (Wildman–Crippen MR) is 66.4 cm³/mol. The number of H-pyrrole nitrogens is 1. The van der Waals surface area contributed by atoms with Crippen molar-refractivity contribution in [1.29, 1.82) is 0 Å². The van der Waals surface area contributed by atoms with Gasteiger partial charge >= 0.3 is 0 Å². The SMILES string of the molecule is Cc1c[nH]n(-c2cnc3ccccc3c2)c1=O. The van der Waals surface area contributed by atoms with Gasteiger partial charge < -0.3 is 0 Å². The second kappa shape index (κ2) is 3.59. The van der Waals surface area contributed by atoms with Crippen molar-refractivity contribution in [2.24, 2.45) is 0 Å². The molecule has 17 heavy (non-hydrogen) atoms. The van der Waals surface area contributed by atoms with Crippen LogP contribution in [-0.4, -0.2) is 14.8 Å². The summed E-state index contributed by atoms with van der Waals surface area (Å²) in [5.41, 5.74) is 2.33. The molecule has 0 spiro atoms. The number of rotatable bonds is 1. The molecular weight excluding hydrogens is 214 g/mol. The zero-order chi connectivity index (χ0) is 11.8. The van der Waals surface area contributed by atoms with Crippen molar-refractivity contribution in [2.75, 3.05) is 0 Å². The first kappa shape index (κ1) is 9.84. The number of benzene rings is 1. The monoisotopic (exact) mass is 225 g/mol. The van der Waals surface area contributed by atoms with Crippen LogP contribution in [0.4, 0.5) is 0 Å². The number of nitrogens with zero attached hydrogens (tertiary/aromatic N) is 2. The zero-order valence-electron chi connectivity index (χ0n) is 9.34. The highest BCUT2D eigenvalue weighted by Gasteiger charge is 2.05. The number of aryl methyl sites for hydroxylation is 1. The number of hydrogen-bond donors (Lipinski definition) is 1. The van der Waals surface area contributed by atoms with Gasteiger partial charge in [0.15, 0.2) is 0 Å². The van der Waals surface area contributed by atoms with Crippen molar-refractivity contribution in [3.63, 3.8) is 0 Å². The summed E-state index contributed by atoms with van der Waals surface area (Å²) in [7, 11) is 0. The molecule has 0 saturated heterocycles. The first-order chi connectivity index (χ1) is 8.25. The minimum atomic E-state index is -0.0397. The molecule has 4 heteroatoms. The molecule has 2 aromatic heterocycles. The summed E-state index contributed by atoms with van der Waals surface area (Å²) in [6.45, 7) is 1.78. The minimum Gasteiger partial charge on any atom is -0.298 e. The topological polar surface area (TPSA) is 50.7 Å². The lowest BCUT2D eigenvalue weighted by Gasteiger charge is -2.02. The van der Waals surface area contributed by atoms with Gasteiger partial charge in [0.05, 0.1) is 17.4 Å². The fraction of sp³-hybridized carbons (Fsp3) is 0.0769. The summed E-state index contributed by atoms with van der Waals surface area (Å²) in [6.07, 6.45) is 3.39. The van der Waals surface area contributed by atoms with E-state index in [2.05, 4.69) is 10.1 Å². The molecule has 0 aliphatic carbocycles. The fourth-order valence-electron chi connectivity index (χ4n) is 1.83. The Kier molecular flexibility index (Phi) is 2.08. The Balaban J connectivity index is 2.25. The van der Waals surface area contributed by atoms with E-state index >= 15 is 0 Å². The van der Waals surface area contributed by atoms with Gasteiger partial charge in [-0.15, -0.1) is 0 Å². The minimum absolute atomic E-state index is 0.0397. The lowest BCUT2D eigenvalue weighted by atomic mass is 10.2. The quantitative estimate of drug-likeness (QED) is 0.688. The van der Waals surface area contributed by atoms with Crippen LogP contribution in [-0.2, 0) is 0 Å². The van der Waals surface area contributed by atoms with Gasteiger partial charge in [0, 0.05) is 17.1 Å². The largest absolute Gasteiger partial charge is 0.298 e. The van der Waals surface area contributed by atoms with Crippen molar-refractivity contribution >= 4 is 10.9 Å². The van der Waals surface area contributed by atoms with Crippen molar-refractivity contribution in [3.05, 3.63) is 58.6 Å². The van der Waals surface area contributed by atoms with Crippen LogP contribution in [0, 0.1) is 6.92 Å². The third kappa shape index (κ3) is 1.54. The number of nitrogens with one attached hydrogen (secondary N) is 1. The first-order valence-electron chi connectivity index (χ1n) is 5.38. The molecule has 0 unspecified atom stereocenters. The summed E-state index contributed by atoms with van der Waals surface area (Å²) >= 11 is 0. The molecule has 0 aliphatic rings. The Morgan fingerprint density at radius 2 is 2.12 bits per heavy atom. The van der Waals surface area contributed by atoms with E-state index in [0.717, 1.165) is 16.6 Å². The molecule has 3 aromatic rings. The Hall–Kier alpha value is -2.36. The maximum atomic E-state index is 11.8. The van der Waals surface area contributed by atoms with E-state index in [4.69, 9.17) is 0 Å².